The normalized spacial score (nSPS) is 15.9. The summed E-state index contributed by atoms with van der Waals surface area (Å²) in [6.45, 7) is 2.27. The van der Waals surface area contributed by atoms with Gasteiger partial charge in [0.25, 0.3) is 0 Å². The quantitative estimate of drug-likeness (QED) is 0.772. The molecule has 1 heterocycles. The minimum absolute atomic E-state index is 0.0261. The van der Waals surface area contributed by atoms with E-state index in [9.17, 15) is 9.90 Å². The third kappa shape index (κ3) is 4.81. The first-order chi connectivity index (χ1) is 13.6. The van der Waals surface area contributed by atoms with E-state index in [1.54, 1.807) is 30.1 Å². The predicted octanol–water partition coefficient (Wildman–Crippen LogP) is 2.24. The van der Waals surface area contributed by atoms with E-state index >= 15 is 0 Å². The van der Waals surface area contributed by atoms with Gasteiger partial charge in [-0.3, -0.25) is 4.79 Å². The number of para-hydroxylation sites is 2. The lowest BCUT2D eigenvalue weighted by Crippen LogP contribution is -2.34. The van der Waals surface area contributed by atoms with Gasteiger partial charge in [0.05, 0.1) is 23.9 Å². The number of carbonyl (C=O) groups excluding carboxylic acids is 1. The summed E-state index contributed by atoms with van der Waals surface area (Å²) < 4.78 is 0. The summed E-state index contributed by atoms with van der Waals surface area (Å²) in [5.74, 6) is -0.0261. The minimum Gasteiger partial charge on any atom is -0.391 e. The maximum atomic E-state index is 12.5. The van der Waals surface area contributed by atoms with Crippen LogP contribution in [0, 0.1) is 11.3 Å². The van der Waals surface area contributed by atoms with Crippen molar-refractivity contribution < 1.29 is 9.90 Å². The van der Waals surface area contributed by atoms with Gasteiger partial charge >= 0.3 is 0 Å². The van der Waals surface area contributed by atoms with Crippen molar-refractivity contribution in [2.24, 2.45) is 0 Å². The molecular formula is C22H26N4O2. The number of anilines is 2. The number of β-amino-alcohol motifs (C(OH)–C–C–N with tert-alkyl or cyclic N) is 1. The Morgan fingerprint density at radius 3 is 2.79 bits per heavy atom. The highest BCUT2D eigenvalue weighted by atomic mass is 16.3. The molecule has 0 spiro atoms. The van der Waals surface area contributed by atoms with Crippen LogP contribution in [0.1, 0.15) is 17.5 Å². The van der Waals surface area contributed by atoms with E-state index in [-0.39, 0.29) is 18.6 Å². The summed E-state index contributed by atoms with van der Waals surface area (Å²) in [7, 11) is 1.79. The van der Waals surface area contributed by atoms with Crippen molar-refractivity contribution in [1.82, 2.24) is 4.90 Å². The molecule has 146 valence electrons. The van der Waals surface area contributed by atoms with Crippen LogP contribution in [-0.4, -0.2) is 55.2 Å². The number of aliphatic hydroxyl groups excluding tert-OH is 1. The van der Waals surface area contributed by atoms with E-state index in [2.05, 4.69) is 28.4 Å². The molecule has 0 saturated carbocycles. The number of nitrogens with zero attached hydrogens (tertiary/aromatic N) is 3. The highest BCUT2D eigenvalue weighted by molar-refractivity contribution is 5.81. The molecule has 1 fully saturated rings. The summed E-state index contributed by atoms with van der Waals surface area (Å²) in [6, 6.07) is 17.5. The Bertz CT molecular complexity index is 862. The van der Waals surface area contributed by atoms with Gasteiger partial charge in [0, 0.05) is 32.4 Å². The number of nitrogens with one attached hydrogen (secondary N) is 1. The van der Waals surface area contributed by atoms with Crippen molar-refractivity contribution >= 4 is 17.3 Å². The Labute approximate surface area is 166 Å². The molecule has 1 aliphatic heterocycles. The summed E-state index contributed by atoms with van der Waals surface area (Å²) in [5.41, 5.74) is 3.52. The second kappa shape index (κ2) is 9.25. The molecule has 1 atom stereocenters. The van der Waals surface area contributed by atoms with Crippen molar-refractivity contribution in [3.8, 4) is 6.07 Å². The maximum absolute atomic E-state index is 12.5. The van der Waals surface area contributed by atoms with E-state index in [0.717, 1.165) is 25.1 Å². The van der Waals surface area contributed by atoms with Crippen LogP contribution in [0.5, 0.6) is 0 Å². The smallest absolute Gasteiger partial charge is 0.241 e. The third-order valence-electron chi connectivity index (χ3n) is 5.12. The highest BCUT2D eigenvalue weighted by Gasteiger charge is 2.22. The first-order valence-electron chi connectivity index (χ1n) is 9.56. The lowest BCUT2D eigenvalue weighted by atomic mass is 10.1. The Kier molecular flexibility index (Phi) is 6.51. The summed E-state index contributed by atoms with van der Waals surface area (Å²) in [5, 5.41) is 22.0. The van der Waals surface area contributed by atoms with Gasteiger partial charge in [0.2, 0.25) is 5.91 Å². The molecule has 0 unspecified atom stereocenters. The molecule has 0 aromatic heterocycles. The van der Waals surface area contributed by atoms with Gasteiger partial charge in [-0.25, -0.2) is 0 Å². The van der Waals surface area contributed by atoms with Crippen LogP contribution in [-0.2, 0) is 11.2 Å². The van der Waals surface area contributed by atoms with Crippen LogP contribution in [0.2, 0.25) is 0 Å². The average Bonchev–Trinajstić information content (AvgIpc) is 3.16. The van der Waals surface area contributed by atoms with Gasteiger partial charge in [-0.2, -0.15) is 5.26 Å². The minimum atomic E-state index is -0.264. The van der Waals surface area contributed by atoms with Crippen LogP contribution in [0.4, 0.5) is 11.4 Å². The molecule has 3 rings (SSSR count). The number of hydrogen-bond donors (Lipinski definition) is 2. The molecule has 28 heavy (non-hydrogen) atoms. The predicted molar refractivity (Wildman–Crippen MR) is 110 cm³/mol. The molecule has 0 bridgehead atoms. The molecule has 6 nitrogen and oxygen atoms in total. The van der Waals surface area contributed by atoms with Crippen molar-refractivity contribution in [2.75, 3.05) is 43.4 Å². The Morgan fingerprint density at radius 1 is 1.29 bits per heavy atom. The Hall–Kier alpha value is -3.04. The zero-order valence-corrected chi connectivity index (χ0v) is 16.1. The van der Waals surface area contributed by atoms with Crippen molar-refractivity contribution in [3.05, 3.63) is 59.7 Å². The zero-order chi connectivity index (χ0) is 19.9. The van der Waals surface area contributed by atoms with E-state index in [1.807, 2.05) is 18.2 Å². The van der Waals surface area contributed by atoms with Gasteiger partial charge < -0.3 is 20.2 Å². The monoisotopic (exact) mass is 378 g/mol. The first-order valence-corrected chi connectivity index (χ1v) is 9.56. The molecule has 0 radical (unpaired) electrons. The van der Waals surface area contributed by atoms with Crippen LogP contribution < -0.4 is 10.2 Å². The number of rotatable bonds is 7. The van der Waals surface area contributed by atoms with Crippen LogP contribution >= 0.6 is 0 Å². The van der Waals surface area contributed by atoms with Crippen LogP contribution in [0.25, 0.3) is 0 Å². The number of amides is 1. The summed E-state index contributed by atoms with van der Waals surface area (Å²) >= 11 is 0. The highest BCUT2D eigenvalue weighted by Crippen LogP contribution is 2.25. The molecule has 2 aromatic rings. The third-order valence-corrected chi connectivity index (χ3v) is 5.12. The van der Waals surface area contributed by atoms with E-state index < -0.39 is 0 Å². The molecule has 1 amide bonds. The lowest BCUT2D eigenvalue weighted by molar-refractivity contribution is -0.127. The largest absolute Gasteiger partial charge is 0.391 e. The molecule has 2 N–H and O–H groups in total. The van der Waals surface area contributed by atoms with Crippen molar-refractivity contribution in [1.29, 1.82) is 5.26 Å². The van der Waals surface area contributed by atoms with E-state index in [0.29, 0.717) is 24.3 Å². The fraction of sp³-hybridized carbons (Fsp3) is 0.364. The summed E-state index contributed by atoms with van der Waals surface area (Å²) in [6.07, 6.45) is 1.28. The Morgan fingerprint density at radius 2 is 2.04 bits per heavy atom. The van der Waals surface area contributed by atoms with E-state index in [1.165, 1.54) is 5.56 Å². The van der Waals surface area contributed by atoms with Gasteiger partial charge in [-0.1, -0.05) is 30.3 Å². The van der Waals surface area contributed by atoms with Crippen LogP contribution in [0.15, 0.2) is 48.5 Å². The SMILES string of the molecule is CN(CCc1ccccc1N1CC[C@H](O)C1)C(=O)CNc1ccccc1C#N. The molecule has 2 aromatic carbocycles. The number of likely N-dealkylation sites (N-methyl/N-ethyl adjacent to an activating group) is 1. The number of benzene rings is 2. The first kappa shape index (κ1) is 19.7. The number of hydrogen-bond acceptors (Lipinski definition) is 5. The molecule has 6 heteroatoms. The fourth-order valence-corrected chi connectivity index (χ4v) is 3.44. The molecule has 1 saturated heterocycles. The number of nitriles is 1. The van der Waals surface area contributed by atoms with Gasteiger partial charge in [0.15, 0.2) is 0 Å². The fourth-order valence-electron chi connectivity index (χ4n) is 3.44. The average molecular weight is 378 g/mol. The van der Waals surface area contributed by atoms with E-state index in [4.69, 9.17) is 5.26 Å². The lowest BCUT2D eigenvalue weighted by Gasteiger charge is -2.23. The van der Waals surface area contributed by atoms with Crippen LogP contribution in [0.3, 0.4) is 0 Å². The van der Waals surface area contributed by atoms with Crippen molar-refractivity contribution in [3.63, 3.8) is 0 Å². The second-order valence-corrected chi connectivity index (χ2v) is 7.09. The standard InChI is InChI=1S/C22H26N4O2/c1-25(22(28)15-24-20-8-4-2-7-18(20)14-23)12-10-17-6-3-5-9-21(17)26-13-11-19(27)16-26/h2-9,19,24,27H,10-13,15-16H2,1H3/t19-/m0/s1. The topological polar surface area (TPSA) is 79.6 Å². The molecule has 1 aliphatic rings. The maximum Gasteiger partial charge on any atom is 0.241 e. The number of aliphatic hydroxyl groups is 1. The van der Waals surface area contributed by atoms with Gasteiger partial charge in [-0.15, -0.1) is 0 Å². The number of carbonyl (C=O) groups is 1. The Balaban J connectivity index is 1.55. The van der Waals surface area contributed by atoms with Crippen molar-refractivity contribution in [2.45, 2.75) is 18.9 Å². The molecule has 0 aliphatic carbocycles. The van der Waals surface area contributed by atoms with Gasteiger partial charge in [-0.05, 0) is 36.6 Å². The molecular weight excluding hydrogens is 352 g/mol. The zero-order valence-electron chi connectivity index (χ0n) is 16.1. The van der Waals surface area contributed by atoms with Gasteiger partial charge in [0.1, 0.15) is 6.07 Å². The second-order valence-electron chi connectivity index (χ2n) is 7.09. The summed E-state index contributed by atoms with van der Waals surface area (Å²) in [4.78, 5) is 16.4.